The molecule has 2 N–H and O–H groups in total. The Morgan fingerprint density at radius 1 is 1.56 bits per heavy atom. The smallest absolute Gasteiger partial charge is 0.252 e. The molecule has 1 aliphatic rings. The van der Waals surface area contributed by atoms with Crippen LogP contribution in [0.4, 0.5) is 5.82 Å². The van der Waals surface area contributed by atoms with Gasteiger partial charge in [-0.15, -0.1) is 0 Å². The van der Waals surface area contributed by atoms with Gasteiger partial charge in [-0.25, -0.2) is 4.98 Å². The molecule has 0 aliphatic heterocycles. The van der Waals surface area contributed by atoms with Crippen LogP contribution in [-0.2, 0) is 0 Å². The molecule has 0 atom stereocenters. The highest BCUT2D eigenvalue weighted by Gasteiger charge is 2.22. The van der Waals surface area contributed by atoms with Crippen LogP contribution < -0.4 is 10.6 Å². The number of hydrogen-bond acceptors (Lipinski definition) is 3. The van der Waals surface area contributed by atoms with Crippen molar-refractivity contribution in [3.05, 3.63) is 22.8 Å². The lowest BCUT2D eigenvalue weighted by molar-refractivity contribution is 0.0952. The summed E-state index contributed by atoms with van der Waals surface area (Å²) in [6.45, 7) is 3.65. The van der Waals surface area contributed by atoms with Gasteiger partial charge in [-0.3, -0.25) is 4.79 Å². The molecule has 1 heterocycles. The zero-order chi connectivity index (χ0) is 13.0. The molecule has 5 heteroatoms. The second kappa shape index (κ2) is 6.05. The van der Waals surface area contributed by atoms with Crippen LogP contribution in [0.3, 0.4) is 0 Å². The number of nitrogens with zero attached hydrogens (tertiary/aromatic N) is 1. The maximum Gasteiger partial charge on any atom is 0.252 e. The Balaban J connectivity index is 2.01. The van der Waals surface area contributed by atoms with E-state index in [2.05, 4.69) is 22.5 Å². The van der Waals surface area contributed by atoms with Crippen molar-refractivity contribution in [3.63, 3.8) is 0 Å². The largest absolute Gasteiger partial charge is 0.370 e. The standard InChI is InChI=1S/C13H18ClN3O/c1-2-5-15-12-6-10(11(14)8-16-12)13(18)17-7-9-3-4-9/h6,8-9H,2-5,7H2,1H3,(H,15,16)(H,17,18). The third-order valence-electron chi connectivity index (χ3n) is 2.90. The molecule has 0 spiro atoms. The minimum Gasteiger partial charge on any atom is -0.370 e. The number of nitrogens with one attached hydrogen (secondary N) is 2. The van der Waals surface area contributed by atoms with E-state index >= 15 is 0 Å². The van der Waals surface area contributed by atoms with Gasteiger partial charge in [0.05, 0.1) is 10.6 Å². The van der Waals surface area contributed by atoms with E-state index in [1.54, 1.807) is 6.07 Å². The van der Waals surface area contributed by atoms with Gasteiger partial charge in [0, 0.05) is 19.3 Å². The number of hydrogen-bond donors (Lipinski definition) is 2. The maximum atomic E-state index is 12.0. The lowest BCUT2D eigenvalue weighted by Crippen LogP contribution is -2.26. The zero-order valence-corrected chi connectivity index (χ0v) is 11.3. The molecule has 18 heavy (non-hydrogen) atoms. The van der Waals surface area contributed by atoms with Gasteiger partial charge in [-0.05, 0) is 31.2 Å². The number of amides is 1. The number of anilines is 1. The maximum absolute atomic E-state index is 12.0. The van der Waals surface area contributed by atoms with Crippen LogP contribution in [0.25, 0.3) is 0 Å². The average Bonchev–Trinajstić information content (AvgIpc) is 3.19. The van der Waals surface area contributed by atoms with Gasteiger partial charge in [0.25, 0.3) is 5.91 Å². The lowest BCUT2D eigenvalue weighted by Gasteiger charge is -2.09. The fourth-order valence-electron chi connectivity index (χ4n) is 1.62. The topological polar surface area (TPSA) is 54.0 Å². The molecule has 1 aliphatic carbocycles. The molecule has 0 saturated heterocycles. The average molecular weight is 268 g/mol. The first-order valence-corrected chi connectivity index (χ1v) is 6.76. The van der Waals surface area contributed by atoms with Gasteiger partial charge in [0.1, 0.15) is 5.82 Å². The van der Waals surface area contributed by atoms with Gasteiger partial charge >= 0.3 is 0 Å². The first-order chi connectivity index (χ1) is 8.70. The van der Waals surface area contributed by atoms with Crippen LogP contribution in [-0.4, -0.2) is 24.0 Å². The van der Waals surface area contributed by atoms with Crippen molar-refractivity contribution in [2.45, 2.75) is 26.2 Å². The van der Waals surface area contributed by atoms with Crippen LogP contribution in [0, 0.1) is 5.92 Å². The highest BCUT2D eigenvalue weighted by Crippen LogP contribution is 2.28. The molecule has 4 nitrogen and oxygen atoms in total. The van der Waals surface area contributed by atoms with Gasteiger partial charge in [0.2, 0.25) is 0 Å². The Kier molecular flexibility index (Phi) is 4.42. The predicted molar refractivity (Wildman–Crippen MR) is 73.1 cm³/mol. The van der Waals surface area contributed by atoms with Crippen LogP contribution in [0.1, 0.15) is 36.5 Å². The molecular weight excluding hydrogens is 250 g/mol. The van der Waals surface area contributed by atoms with E-state index in [9.17, 15) is 4.79 Å². The Bertz CT molecular complexity index is 432. The predicted octanol–water partition coefficient (Wildman–Crippen LogP) is 2.70. The van der Waals surface area contributed by atoms with Gasteiger partial charge in [-0.2, -0.15) is 0 Å². The molecule has 1 saturated carbocycles. The van der Waals surface area contributed by atoms with E-state index in [1.165, 1.54) is 19.0 Å². The first kappa shape index (κ1) is 13.1. The van der Waals surface area contributed by atoms with Gasteiger partial charge < -0.3 is 10.6 Å². The van der Waals surface area contributed by atoms with Crippen molar-refractivity contribution in [1.29, 1.82) is 0 Å². The van der Waals surface area contributed by atoms with E-state index in [0.29, 0.717) is 22.3 Å². The molecule has 2 rings (SSSR count). The SMILES string of the molecule is CCCNc1cc(C(=O)NCC2CC2)c(Cl)cn1. The number of carbonyl (C=O) groups excluding carboxylic acids is 1. The molecule has 1 amide bonds. The van der Waals surface area contributed by atoms with E-state index in [-0.39, 0.29) is 5.91 Å². The molecule has 1 fully saturated rings. The Morgan fingerprint density at radius 2 is 2.33 bits per heavy atom. The third kappa shape index (κ3) is 3.60. The summed E-state index contributed by atoms with van der Waals surface area (Å²) < 4.78 is 0. The van der Waals surface area contributed by atoms with Crippen molar-refractivity contribution in [2.75, 3.05) is 18.4 Å². The highest BCUT2D eigenvalue weighted by atomic mass is 35.5. The summed E-state index contributed by atoms with van der Waals surface area (Å²) in [7, 11) is 0. The van der Waals surface area contributed by atoms with Crippen LogP contribution in [0.5, 0.6) is 0 Å². The minimum atomic E-state index is -0.117. The van der Waals surface area contributed by atoms with E-state index < -0.39 is 0 Å². The summed E-state index contributed by atoms with van der Waals surface area (Å²) in [5.74, 6) is 1.24. The van der Waals surface area contributed by atoms with Crippen molar-refractivity contribution in [3.8, 4) is 0 Å². The molecule has 1 aromatic rings. The summed E-state index contributed by atoms with van der Waals surface area (Å²) in [5.41, 5.74) is 0.492. The fourth-order valence-corrected chi connectivity index (χ4v) is 1.81. The Labute approximate surface area is 112 Å². The third-order valence-corrected chi connectivity index (χ3v) is 3.21. The van der Waals surface area contributed by atoms with Crippen molar-refractivity contribution in [1.82, 2.24) is 10.3 Å². The first-order valence-electron chi connectivity index (χ1n) is 6.38. The van der Waals surface area contributed by atoms with E-state index in [4.69, 9.17) is 11.6 Å². The summed E-state index contributed by atoms with van der Waals surface area (Å²) in [6.07, 6.45) is 4.96. The molecule has 0 bridgehead atoms. The second-order valence-electron chi connectivity index (χ2n) is 4.63. The van der Waals surface area contributed by atoms with E-state index in [0.717, 1.165) is 19.5 Å². The fraction of sp³-hybridized carbons (Fsp3) is 0.538. The van der Waals surface area contributed by atoms with Gasteiger partial charge in [0.15, 0.2) is 0 Å². The molecule has 0 aromatic carbocycles. The minimum absolute atomic E-state index is 0.117. The number of pyridine rings is 1. The van der Waals surface area contributed by atoms with Crippen molar-refractivity contribution >= 4 is 23.3 Å². The molecular formula is C13H18ClN3O. The Morgan fingerprint density at radius 3 is 3.00 bits per heavy atom. The highest BCUT2D eigenvalue weighted by molar-refractivity contribution is 6.33. The summed E-state index contributed by atoms with van der Waals surface area (Å²) in [4.78, 5) is 16.1. The molecule has 0 unspecified atom stereocenters. The number of rotatable bonds is 6. The van der Waals surface area contributed by atoms with Crippen LogP contribution in [0.2, 0.25) is 5.02 Å². The quantitative estimate of drug-likeness (QED) is 0.833. The number of aromatic nitrogens is 1. The van der Waals surface area contributed by atoms with Crippen LogP contribution >= 0.6 is 11.6 Å². The Hall–Kier alpha value is -1.29. The lowest BCUT2D eigenvalue weighted by atomic mass is 10.2. The molecule has 1 aromatic heterocycles. The molecule has 98 valence electrons. The summed E-state index contributed by atoms with van der Waals surface area (Å²) in [5, 5.41) is 6.44. The zero-order valence-electron chi connectivity index (χ0n) is 10.5. The monoisotopic (exact) mass is 267 g/mol. The number of carbonyl (C=O) groups is 1. The summed E-state index contributed by atoms with van der Waals surface area (Å²) >= 11 is 6.00. The van der Waals surface area contributed by atoms with Crippen molar-refractivity contribution in [2.24, 2.45) is 5.92 Å². The summed E-state index contributed by atoms with van der Waals surface area (Å²) in [6, 6.07) is 1.71. The van der Waals surface area contributed by atoms with E-state index in [1.807, 2.05) is 0 Å². The normalized spacial score (nSPS) is 14.3. The second-order valence-corrected chi connectivity index (χ2v) is 5.04. The van der Waals surface area contributed by atoms with Crippen LogP contribution in [0.15, 0.2) is 12.3 Å². The number of halogens is 1. The van der Waals surface area contributed by atoms with Gasteiger partial charge in [-0.1, -0.05) is 18.5 Å². The molecule has 0 radical (unpaired) electrons. The van der Waals surface area contributed by atoms with Crippen molar-refractivity contribution < 1.29 is 4.79 Å².